The second-order valence-corrected chi connectivity index (χ2v) is 9.97. The number of benzene rings is 3. The van der Waals surface area contributed by atoms with Crippen LogP contribution in [-0.2, 0) is 22.4 Å². The van der Waals surface area contributed by atoms with Gasteiger partial charge in [-0.15, -0.1) is 11.8 Å². The van der Waals surface area contributed by atoms with E-state index < -0.39 is 5.97 Å². The summed E-state index contributed by atoms with van der Waals surface area (Å²) < 4.78 is 0. The molecule has 0 radical (unpaired) electrons. The number of nitrogens with one attached hydrogen (secondary N) is 1. The molecule has 3 aromatic rings. The lowest BCUT2D eigenvalue weighted by molar-refractivity contribution is -0.137. The third-order valence-corrected chi connectivity index (χ3v) is 7.05. The molecule has 2 N–H and O–H groups in total. The van der Waals surface area contributed by atoms with Gasteiger partial charge in [0.15, 0.2) is 0 Å². The molecule has 0 heterocycles. The zero-order chi connectivity index (χ0) is 24.7. The van der Waals surface area contributed by atoms with Crippen LogP contribution < -0.4 is 5.32 Å². The molecule has 0 saturated carbocycles. The van der Waals surface area contributed by atoms with E-state index in [0.717, 1.165) is 43.4 Å². The number of carboxylic acid groups (broad SMARTS) is 1. The van der Waals surface area contributed by atoms with Crippen LogP contribution in [0.15, 0.2) is 89.8 Å². The Bertz CT molecular complexity index is 1020. The summed E-state index contributed by atoms with van der Waals surface area (Å²) in [7, 11) is 0. The molecule has 0 spiro atoms. The lowest BCUT2D eigenvalue weighted by Crippen LogP contribution is -2.38. The van der Waals surface area contributed by atoms with Crippen LogP contribution in [-0.4, -0.2) is 28.8 Å². The quantitative estimate of drug-likeness (QED) is 0.188. The zero-order valence-electron chi connectivity index (χ0n) is 20.2. The molecular weight excluding hydrogens is 454 g/mol. The summed E-state index contributed by atoms with van der Waals surface area (Å²) in [6.45, 7) is 0. The molecule has 3 rings (SSSR count). The Hall–Kier alpha value is -3.05. The molecule has 4 nitrogen and oxygen atoms in total. The van der Waals surface area contributed by atoms with E-state index >= 15 is 0 Å². The number of rotatable bonds is 15. The van der Waals surface area contributed by atoms with Gasteiger partial charge in [-0.2, -0.15) is 0 Å². The van der Waals surface area contributed by atoms with Crippen LogP contribution in [0.3, 0.4) is 0 Å². The Morgan fingerprint density at radius 3 is 2.00 bits per heavy atom. The minimum atomic E-state index is -0.893. The minimum absolute atomic E-state index is 0.0573. The van der Waals surface area contributed by atoms with Crippen molar-refractivity contribution in [3.05, 3.63) is 102 Å². The first-order valence-corrected chi connectivity index (χ1v) is 13.4. The highest BCUT2D eigenvalue weighted by Gasteiger charge is 2.16. The van der Waals surface area contributed by atoms with Gasteiger partial charge in [-0.3, -0.25) is 9.59 Å². The van der Waals surface area contributed by atoms with Crippen molar-refractivity contribution in [1.29, 1.82) is 0 Å². The lowest BCUT2D eigenvalue weighted by atomic mass is 10.1. The highest BCUT2D eigenvalue weighted by atomic mass is 32.2. The number of aliphatic carboxylic acids is 1. The van der Waals surface area contributed by atoms with E-state index in [1.165, 1.54) is 16.7 Å². The number of aryl methyl sites for hydroxylation is 1. The van der Waals surface area contributed by atoms with Gasteiger partial charge in [-0.1, -0.05) is 85.6 Å². The maximum atomic E-state index is 12.4. The molecule has 3 aromatic carbocycles. The summed E-state index contributed by atoms with van der Waals surface area (Å²) in [6.07, 6.45) is 6.38. The van der Waals surface area contributed by atoms with E-state index in [1.54, 1.807) is 11.8 Å². The van der Waals surface area contributed by atoms with Crippen molar-refractivity contribution in [2.24, 2.45) is 0 Å². The maximum absolute atomic E-state index is 12.4. The Kier molecular flexibility index (Phi) is 11.4. The molecule has 0 unspecified atom stereocenters. The molecule has 0 aliphatic rings. The number of carbonyl (C=O) groups excluding carboxylic acids is 1. The molecule has 0 saturated heterocycles. The van der Waals surface area contributed by atoms with E-state index in [9.17, 15) is 14.7 Å². The molecule has 0 aliphatic heterocycles. The van der Waals surface area contributed by atoms with Gasteiger partial charge in [0.2, 0.25) is 5.91 Å². The van der Waals surface area contributed by atoms with Gasteiger partial charge in [0.25, 0.3) is 0 Å². The van der Waals surface area contributed by atoms with Crippen LogP contribution in [0.25, 0.3) is 0 Å². The molecule has 35 heavy (non-hydrogen) atoms. The number of carboxylic acids is 1. The van der Waals surface area contributed by atoms with E-state index in [-0.39, 0.29) is 18.4 Å². The Balaban J connectivity index is 1.36. The molecule has 1 atom stereocenters. The number of amides is 1. The molecule has 5 heteroatoms. The molecule has 0 aliphatic carbocycles. The predicted molar refractivity (Wildman–Crippen MR) is 144 cm³/mol. The molecule has 1 amide bonds. The molecule has 0 fully saturated rings. The second kappa shape index (κ2) is 15.0. The van der Waals surface area contributed by atoms with Crippen molar-refractivity contribution in [2.45, 2.75) is 62.3 Å². The Labute approximate surface area is 213 Å². The van der Waals surface area contributed by atoms with Crippen LogP contribution in [0, 0.1) is 0 Å². The normalized spacial score (nSPS) is 11.7. The van der Waals surface area contributed by atoms with Crippen molar-refractivity contribution in [3.63, 3.8) is 0 Å². The smallest absolute Gasteiger partial charge is 0.305 e. The Morgan fingerprint density at radius 1 is 0.743 bits per heavy atom. The van der Waals surface area contributed by atoms with Gasteiger partial charge in [0.1, 0.15) is 0 Å². The van der Waals surface area contributed by atoms with Crippen LogP contribution in [0.2, 0.25) is 0 Å². The molecular formula is C30H35NO3S. The van der Waals surface area contributed by atoms with E-state index in [2.05, 4.69) is 66.0 Å². The van der Waals surface area contributed by atoms with Crippen LogP contribution >= 0.6 is 11.8 Å². The maximum Gasteiger partial charge on any atom is 0.305 e. The van der Waals surface area contributed by atoms with Crippen LogP contribution in [0.5, 0.6) is 0 Å². The number of thioether (sulfide) groups is 1. The standard InChI is InChI=1S/C30H35NO3S/c32-29(16-10-2-1-5-11-24-12-6-3-7-13-24)31-27(22-30(33)34)23-35-28-19-17-26(18-20-28)21-25-14-8-4-9-15-25/h3-4,6-9,12-15,17-20,27H,1-2,5,10-11,16,21-23H2,(H,31,32)(H,33,34)/t27-/m0/s1. The summed E-state index contributed by atoms with van der Waals surface area (Å²) >= 11 is 1.58. The van der Waals surface area contributed by atoms with Gasteiger partial charge < -0.3 is 10.4 Å². The van der Waals surface area contributed by atoms with Crippen molar-refractivity contribution in [1.82, 2.24) is 5.32 Å². The van der Waals surface area contributed by atoms with Crippen LogP contribution in [0.1, 0.15) is 55.2 Å². The predicted octanol–water partition coefficient (Wildman–Crippen LogP) is 6.52. The summed E-state index contributed by atoms with van der Waals surface area (Å²) in [5, 5.41) is 12.2. The van der Waals surface area contributed by atoms with Crippen molar-refractivity contribution in [2.75, 3.05) is 5.75 Å². The lowest BCUT2D eigenvalue weighted by Gasteiger charge is -2.17. The summed E-state index contributed by atoms with van der Waals surface area (Å²) in [5.41, 5.74) is 3.86. The van der Waals surface area contributed by atoms with E-state index in [4.69, 9.17) is 0 Å². The SMILES string of the molecule is O=C(O)C[C@@H](CSc1ccc(Cc2ccccc2)cc1)NC(=O)CCCCCCc1ccccc1. The largest absolute Gasteiger partial charge is 0.481 e. The van der Waals surface area contributed by atoms with Gasteiger partial charge in [0.05, 0.1) is 6.42 Å². The minimum Gasteiger partial charge on any atom is -0.481 e. The highest BCUT2D eigenvalue weighted by Crippen LogP contribution is 2.21. The first-order chi connectivity index (χ1) is 17.1. The van der Waals surface area contributed by atoms with Gasteiger partial charge in [0, 0.05) is 23.1 Å². The third kappa shape index (κ3) is 10.8. The Morgan fingerprint density at radius 2 is 1.34 bits per heavy atom. The first-order valence-electron chi connectivity index (χ1n) is 12.4. The molecule has 0 aromatic heterocycles. The average Bonchev–Trinajstić information content (AvgIpc) is 2.86. The topological polar surface area (TPSA) is 66.4 Å². The van der Waals surface area contributed by atoms with Gasteiger partial charge >= 0.3 is 5.97 Å². The fourth-order valence-corrected chi connectivity index (χ4v) is 4.93. The van der Waals surface area contributed by atoms with Crippen molar-refractivity contribution >= 4 is 23.6 Å². The van der Waals surface area contributed by atoms with E-state index in [0.29, 0.717) is 12.2 Å². The van der Waals surface area contributed by atoms with Crippen LogP contribution in [0.4, 0.5) is 0 Å². The van der Waals surface area contributed by atoms with Crippen molar-refractivity contribution < 1.29 is 14.7 Å². The van der Waals surface area contributed by atoms with Crippen molar-refractivity contribution in [3.8, 4) is 0 Å². The monoisotopic (exact) mass is 489 g/mol. The van der Waals surface area contributed by atoms with E-state index in [1.807, 2.05) is 24.3 Å². The number of hydrogen-bond donors (Lipinski definition) is 2. The highest BCUT2D eigenvalue weighted by molar-refractivity contribution is 7.99. The average molecular weight is 490 g/mol. The fourth-order valence-electron chi connectivity index (χ4n) is 4.01. The molecule has 184 valence electrons. The van der Waals surface area contributed by atoms with Gasteiger partial charge in [-0.25, -0.2) is 0 Å². The summed E-state index contributed by atoms with van der Waals surface area (Å²) in [5.74, 6) is -0.416. The first kappa shape index (κ1) is 26.6. The second-order valence-electron chi connectivity index (χ2n) is 8.88. The number of carbonyl (C=O) groups is 2. The summed E-state index contributed by atoms with van der Waals surface area (Å²) in [4.78, 5) is 24.8. The van der Waals surface area contributed by atoms with Gasteiger partial charge in [-0.05, 0) is 54.5 Å². The number of unbranched alkanes of at least 4 members (excludes halogenated alkanes) is 3. The fraction of sp³-hybridized carbons (Fsp3) is 0.333. The third-order valence-electron chi connectivity index (χ3n) is 5.87. The summed E-state index contributed by atoms with van der Waals surface area (Å²) in [6, 6.07) is 28.8. The zero-order valence-corrected chi connectivity index (χ0v) is 21.0. The number of hydrogen-bond acceptors (Lipinski definition) is 3. The molecule has 0 bridgehead atoms.